The quantitative estimate of drug-likeness (QED) is 0.750. The maximum absolute atomic E-state index is 9.28. The van der Waals surface area contributed by atoms with Crippen LogP contribution in [0.1, 0.15) is 51.9 Å². The molecule has 1 saturated heterocycles. The van der Waals surface area contributed by atoms with Crippen LogP contribution in [0, 0.1) is 17.2 Å². The number of ether oxygens (including phenoxy) is 1. The number of rotatable bonds is 2. The average molecular weight is 236 g/mol. The molecule has 1 aliphatic carbocycles. The molecule has 1 saturated carbocycles. The minimum Gasteiger partial charge on any atom is -0.380 e. The van der Waals surface area contributed by atoms with Crippen LogP contribution in [-0.2, 0) is 4.74 Å². The van der Waals surface area contributed by atoms with E-state index in [0.29, 0.717) is 6.04 Å². The molecule has 96 valence electrons. The minimum absolute atomic E-state index is 0.0857. The second-order valence-electron chi connectivity index (χ2n) is 5.84. The summed E-state index contributed by atoms with van der Waals surface area (Å²) in [6.07, 6.45) is 8.26. The maximum atomic E-state index is 9.28. The Bertz CT molecular complexity index is 278. The van der Waals surface area contributed by atoms with Gasteiger partial charge in [-0.25, -0.2) is 0 Å². The van der Waals surface area contributed by atoms with Gasteiger partial charge in [-0.2, -0.15) is 5.26 Å². The first-order chi connectivity index (χ1) is 8.23. The van der Waals surface area contributed by atoms with Gasteiger partial charge in [-0.05, 0) is 32.6 Å². The lowest BCUT2D eigenvalue weighted by Crippen LogP contribution is -2.54. The van der Waals surface area contributed by atoms with Crippen LogP contribution in [-0.4, -0.2) is 24.8 Å². The van der Waals surface area contributed by atoms with E-state index in [1.54, 1.807) is 0 Å². The lowest BCUT2D eigenvalue weighted by molar-refractivity contribution is 0.0202. The highest BCUT2D eigenvalue weighted by Gasteiger charge is 2.33. The third-order valence-electron chi connectivity index (χ3n) is 4.15. The molecule has 0 amide bonds. The molecule has 3 heteroatoms. The van der Waals surface area contributed by atoms with E-state index >= 15 is 0 Å². The molecule has 3 atom stereocenters. The Balaban J connectivity index is 1.96. The van der Waals surface area contributed by atoms with Crippen LogP contribution >= 0.6 is 0 Å². The van der Waals surface area contributed by atoms with E-state index in [9.17, 15) is 5.26 Å². The molecule has 2 rings (SSSR count). The maximum Gasteiger partial charge on any atom is 0.0672 e. The van der Waals surface area contributed by atoms with Gasteiger partial charge in [0.15, 0.2) is 0 Å². The van der Waals surface area contributed by atoms with Crippen LogP contribution in [0.25, 0.3) is 0 Å². The molecule has 0 aromatic carbocycles. The minimum atomic E-state index is 0.0857. The van der Waals surface area contributed by atoms with Crippen LogP contribution in [0.15, 0.2) is 0 Å². The van der Waals surface area contributed by atoms with E-state index in [-0.39, 0.29) is 11.5 Å². The standard InChI is InChI=1S/C14H24N2O/c1-14(8-5-9-17-11-14)16-13-7-4-2-3-6-12(13)10-15/h12-13,16H,2-9,11H2,1H3. The smallest absolute Gasteiger partial charge is 0.0672 e. The van der Waals surface area contributed by atoms with Crippen molar-refractivity contribution in [2.75, 3.05) is 13.2 Å². The topological polar surface area (TPSA) is 45.0 Å². The van der Waals surface area contributed by atoms with Crippen molar-refractivity contribution in [3.05, 3.63) is 0 Å². The number of nitriles is 1. The zero-order chi connectivity index (χ0) is 12.1. The van der Waals surface area contributed by atoms with E-state index in [2.05, 4.69) is 18.3 Å². The third kappa shape index (κ3) is 3.43. The Labute approximate surface area is 105 Å². The first-order valence-corrected chi connectivity index (χ1v) is 6.99. The molecule has 2 fully saturated rings. The molecule has 0 spiro atoms. The van der Waals surface area contributed by atoms with Gasteiger partial charge in [0.25, 0.3) is 0 Å². The number of hydrogen-bond donors (Lipinski definition) is 1. The van der Waals surface area contributed by atoms with Crippen molar-refractivity contribution in [2.24, 2.45) is 5.92 Å². The summed E-state index contributed by atoms with van der Waals surface area (Å²) < 4.78 is 5.58. The molecule has 3 nitrogen and oxygen atoms in total. The van der Waals surface area contributed by atoms with E-state index in [4.69, 9.17) is 4.74 Å². The fourth-order valence-electron chi connectivity index (χ4n) is 3.13. The molecule has 0 aromatic heterocycles. The molecule has 2 aliphatic rings. The van der Waals surface area contributed by atoms with Crippen LogP contribution in [0.4, 0.5) is 0 Å². The van der Waals surface area contributed by atoms with Crippen molar-refractivity contribution in [1.29, 1.82) is 5.26 Å². The summed E-state index contributed by atoms with van der Waals surface area (Å²) in [6, 6.07) is 2.87. The average Bonchev–Trinajstić information content (AvgIpc) is 2.54. The summed E-state index contributed by atoms with van der Waals surface area (Å²) in [5.74, 6) is 0.191. The van der Waals surface area contributed by atoms with Gasteiger partial charge in [0.05, 0.1) is 18.6 Å². The molecule has 3 unspecified atom stereocenters. The van der Waals surface area contributed by atoms with Gasteiger partial charge >= 0.3 is 0 Å². The highest BCUT2D eigenvalue weighted by atomic mass is 16.5. The van der Waals surface area contributed by atoms with Gasteiger partial charge in [0.2, 0.25) is 0 Å². The van der Waals surface area contributed by atoms with Crippen LogP contribution in [0.3, 0.4) is 0 Å². The number of nitrogens with zero attached hydrogens (tertiary/aromatic N) is 1. The number of hydrogen-bond acceptors (Lipinski definition) is 3. The van der Waals surface area contributed by atoms with Crippen LogP contribution in [0.2, 0.25) is 0 Å². The molecule has 17 heavy (non-hydrogen) atoms. The zero-order valence-electron chi connectivity index (χ0n) is 10.9. The lowest BCUT2D eigenvalue weighted by atomic mass is 9.89. The van der Waals surface area contributed by atoms with Gasteiger partial charge in [-0.3, -0.25) is 0 Å². The summed E-state index contributed by atoms with van der Waals surface area (Å²) >= 11 is 0. The van der Waals surface area contributed by atoms with Crippen molar-refractivity contribution in [1.82, 2.24) is 5.32 Å². The first kappa shape index (κ1) is 12.9. The Morgan fingerprint density at radius 2 is 2.06 bits per heavy atom. The highest BCUT2D eigenvalue weighted by Crippen LogP contribution is 2.27. The largest absolute Gasteiger partial charge is 0.380 e. The zero-order valence-corrected chi connectivity index (χ0v) is 10.9. The second-order valence-corrected chi connectivity index (χ2v) is 5.84. The molecular weight excluding hydrogens is 212 g/mol. The van der Waals surface area contributed by atoms with Crippen molar-refractivity contribution in [3.63, 3.8) is 0 Å². The predicted octanol–water partition coefficient (Wildman–Crippen LogP) is 2.62. The summed E-state index contributed by atoms with van der Waals surface area (Å²) in [4.78, 5) is 0. The second kappa shape index (κ2) is 5.84. The molecule has 0 radical (unpaired) electrons. The van der Waals surface area contributed by atoms with Gasteiger partial charge < -0.3 is 10.1 Å². The van der Waals surface area contributed by atoms with Crippen molar-refractivity contribution in [2.45, 2.75) is 63.5 Å². The first-order valence-electron chi connectivity index (χ1n) is 6.99. The Kier molecular flexibility index (Phi) is 4.42. The van der Waals surface area contributed by atoms with E-state index in [1.807, 2.05) is 0 Å². The van der Waals surface area contributed by atoms with Crippen molar-refractivity contribution in [3.8, 4) is 6.07 Å². The van der Waals surface area contributed by atoms with Crippen LogP contribution < -0.4 is 5.32 Å². The van der Waals surface area contributed by atoms with Crippen LogP contribution in [0.5, 0.6) is 0 Å². The number of nitrogens with one attached hydrogen (secondary N) is 1. The van der Waals surface area contributed by atoms with Crippen molar-refractivity contribution < 1.29 is 4.74 Å². The summed E-state index contributed by atoms with van der Waals surface area (Å²) in [7, 11) is 0. The third-order valence-corrected chi connectivity index (χ3v) is 4.15. The van der Waals surface area contributed by atoms with Gasteiger partial charge in [0.1, 0.15) is 0 Å². The van der Waals surface area contributed by atoms with E-state index in [1.165, 1.54) is 25.7 Å². The monoisotopic (exact) mass is 236 g/mol. The molecular formula is C14H24N2O. The van der Waals surface area contributed by atoms with Gasteiger partial charge in [-0.15, -0.1) is 0 Å². The van der Waals surface area contributed by atoms with E-state index < -0.39 is 0 Å². The van der Waals surface area contributed by atoms with Crippen molar-refractivity contribution >= 4 is 0 Å². The predicted molar refractivity (Wildman–Crippen MR) is 67.6 cm³/mol. The lowest BCUT2D eigenvalue weighted by Gasteiger charge is -2.39. The summed E-state index contributed by atoms with van der Waals surface area (Å²) in [5, 5.41) is 13.0. The Morgan fingerprint density at radius 1 is 1.24 bits per heavy atom. The highest BCUT2D eigenvalue weighted by molar-refractivity contribution is 4.98. The Hall–Kier alpha value is -0.590. The molecule has 1 heterocycles. The molecule has 1 aliphatic heterocycles. The summed E-state index contributed by atoms with van der Waals surface area (Å²) in [6.45, 7) is 3.93. The molecule has 1 N–H and O–H groups in total. The fraction of sp³-hybridized carbons (Fsp3) is 0.929. The molecule has 0 bridgehead atoms. The fourth-order valence-corrected chi connectivity index (χ4v) is 3.13. The van der Waals surface area contributed by atoms with Gasteiger partial charge in [0, 0.05) is 18.2 Å². The normalized spacial score (nSPS) is 39.3. The summed E-state index contributed by atoms with van der Waals surface area (Å²) in [5.41, 5.74) is 0.0857. The van der Waals surface area contributed by atoms with E-state index in [0.717, 1.165) is 32.5 Å². The SMILES string of the molecule is CC1(NC2CCCCCC2C#N)CCCOC1. The Morgan fingerprint density at radius 3 is 2.76 bits per heavy atom. The van der Waals surface area contributed by atoms with Gasteiger partial charge in [-0.1, -0.05) is 19.3 Å². The molecule has 0 aromatic rings.